The first kappa shape index (κ1) is 27.1. The minimum Gasteiger partial charge on any atom is -0.487 e. The number of halogens is 6. The van der Waals surface area contributed by atoms with Crippen molar-refractivity contribution in [2.75, 3.05) is 50.9 Å². The maximum absolute atomic E-state index is 13.4. The predicted molar refractivity (Wildman–Crippen MR) is 120 cm³/mol. The molecule has 2 fully saturated rings. The number of pyridine rings is 1. The van der Waals surface area contributed by atoms with E-state index in [2.05, 4.69) is 15.2 Å². The second-order valence-corrected chi connectivity index (χ2v) is 9.58. The number of anilines is 1. The maximum atomic E-state index is 13.4. The lowest BCUT2D eigenvalue weighted by atomic mass is 9.95. The first-order chi connectivity index (χ1) is 18.4. The SMILES string of the molecule is O=C1N=NC=C(N2CC[C@H]2COCCC(=O)N2CCN3c4ncc(C(F)(F)F)cc4OC[C@@H]3C2)C1C(F)(F)F. The summed E-state index contributed by atoms with van der Waals surface area (Å²) >= 11 is 0. The Kier molecular flexibility index (Phi) is 7.15. The van der Waals surface area contributed by atoms with Gasteiger partial charge in [-0.1, -0.05) is 0 Å². The molecule has 10 nitrogen and oxygen atoms in total. The quantitative estimate of drug-likeness (QED) is 0.388. The van der Waals surface area contributed by atoms with Gasteiger partial charge < -0.3 is 24.2 Å². The average Bonchev–Trinajstić information content (AvgIpc) is 2.85. The van der Waals surface area contributed by atoms with Crippen LogP contribution in [0.5, 0.6) is 5.75 Å². The molecule has 1 unspecified atom stereocenters. The standard InChI is InChI=1S/C23H24F6N6O4/c24-22(25,26)13-7-17-20(30-8-13)35-5-4-33(10-15(35)12-39-17)18(36)2-6-38-11-14-1-3-34(14)16-9-31-32-21(37)19(16)23(27,28)29/h7-9,14-15,19H,1-6,10-12H2/t14-,15-,19?/m0/s1. The van der Waals surface area contributed by atoms with Crippen molar-refractivity contribution in [3.63, 3.8) is 0 Å². The van der Waals surface area contributed by atoms with Crippen LogP contribution in [0, 0.1) is 5.92 Å². The van der Waals surface area contributed by atoms with Gasteiger partial charge in [0.25, 0.3) is 5.91 Å². The van der Waals surface area contributed by atoms with Crippen LogP contribution < -0.4 is 9.64 Å². The van der Waals surface area contributed by atoms with Crippen LogP contribution in [0.1, 0.15) is 18.4 Å². The van der Waals surface area contributed by atoms with Crippen molar-refractivity contribution in [2.45, 2.75) is 37.3 Å². The van der Waals surface area contributed by atoms with E-state index in [0.717, 1.165) is 18.5 Å². The van der Waals surface area contributed by atoms with Gasteiger partial charge in [-0.2, -0.15) is 31.5 Å². The molecule has 5 heterocycles. The third-order valence-corrected chi connectivity index (χ3v) is 7.16. The highest BCUT2D eigenvalue weighted by molar-refractivity contribution is 5.83. The molecule has 2 saturated heterocycles. The molecule has 0 bridgehead atoms. The number of carbonyl (C=O) groups is 2. The molecule has 212 valence electrons. The molecule has 2 amide bonds. The summed E-state index contributed by atoms with van der Waals surface area (Å²) in [6.45, 7) is 1.55. The number of nitrogens with zero attached hydrogens (tertiary/aromatic N) is 6. The molecule has 1 aromatic heterocycles. The zero-order chi connectivity index (χ0) is 27.9. The number of fused-ring (bicyclic) bond motifs is 3. The minimum absolute atomic E-state index is 0.0463. The first-order valence-corrected chi connectivity index (χ1v) is 12.2. The number of carbonyl (C=O) groups excluding carboxylic acids is 2. The maximum Gasteiger partial charge on any atom is 0.418 e. The van der Waals surface area contributed by atoms with Gasteiger partial charge in [0.1, 0.15) is 6.61 Å². The molecular formula is C23H24F6N6O4. The van der Waals surface area contributed by atoms with Crippen molar-refractivity contribution in [1.29, 1.82) is 0 Å². The molecule has 0 aliphatic carbocycles. The molecule has 1 aromatic rings. The van der Waals surface area contributed by atoms with Crippen molar-refractivity contribution in [3.8, 4) is 5.75 Å². The zero-order valence-corrected chi connectivity index (χ0v) is 20.4. The zero-order valence-electron chi connectivity index (χ0n) is 20.4. The van der Waals surface area contributed by atoms with E-state index in [1.165, 1.54) is 4.90 Å². The number of rotatable bonds is 6. The number of likely N-dealkylation sites (tertiary alicyclic amines) is 1. The molecule has 4 aliphatic heterocycles. The second-order valence-electron chi connectivity index (χ2n) is 9.58. The lowest BCUT2D eigenvalue weighted by molar-refractivity contribution is -0.179. The van der Waals surface area contributed by atoms with Crippen LogP contribution in [0.15, 0.2) is 34.4 Å². The van der Waals surface area contributed by atoms with E-state index in [1.54, 1.807) is 4.90 Å². The summed E-state index contributed by atoms with van der Waals surface area (Å²) in [4.78, 5) is 33.3. The van der Waals surface area contributed by atoms with Gasteiger partial charge in [0.2, 0.25) is 5.91 Å². The Labute approximate surface area is 218 Å². The van der Waals surface area contributed by atoms with Gasteiger partial charge in [0.05, 0.1) is 49.2 Å². The van der Waals surface area contributed by atoms with Crippen LogP contribution in [0.3, 0.4) is 0 Å². The van der Waals surface area contributed by atoms with Crippen LogP contribution in [0.4, 0.5) is 32.2 Å². The Morgan fingerprint density at radius 3 is 2.62 bits per heavy atom. The number of ether oxygens (including phenoxy) is 2. The minimum atomic E-state index is -4.78. The van der Waals surface area contributed by atoms with Gasteiger partial charge in [-0.3, -0.25) is 9.59 Å². The van der Waals surface area contributed by atoms with E-state index in [9.17, 15) is 35.9 Å². The summed E-state index contributed by atoms with van der Waals surface area (Å²) in [5.41, 5.74) is -1.15. The molecule has 0 radical (unpaired) electrons. The topological polar surface area (TPSA) is 99.9 Å². The Morgan fingerprint density at radius 1 is 1.13 bits per heavy atom. The molecule has 4 aliphatic rings. The Balaban J connectivity index is 1.09. The van der Waals surface area contributed by atoms with Crippen LogP contribution in [0.2, 0.25) is 0 Å². The van der Waals surface area contributed by atoms with E-state index in [4.69, 9.17) is 9.47 Å². The Bertz CT molecular complexity index is 1190. The van der Waals surface area contributed by atoms with E-state index in [1.807, 2.05) is 4.90 Å². The van der Waals surface area contributed by atoms with Crippen LogP contribution >= 0.6 is 0 Å². The summed E-state index contributed by atoms with van der Waals surface area (Å²) in [5, 5.41) is 6.40. The van der Waals surface area contributed by atoms with Crippen molar-refractivity contribution >= 4 is 17.6 Å². The van der Waals surface area contributed by atoms with Gasteiger partial charge in [0.15, 0.2) is 17.5 Å². The molecule has 0 spiro atoms. The summed E-state index contributed by atoms with van der Waals surface area (Å²) in [6.07, 6.45) is -7.00. The number of hydrogen-bond acceptors (Lipinski definition) is 8. The monoisotopic (exact) mass is 562 g/mol. The molecule has 5 rings (SSSR count). The number of aromatic nitrogens is 1. The third kappa shape index (κ3) is 5.51. The molecule has 16 heteroatoms. The fourth-order valence-corrected chi connectivity index (χ4v) is 5.05. The van der Waals surface area contributed by atoms with Gasteiger partial charge in [-0.05, 0) is 12.5 Å². The van der Waals surface area contributed by atoms with Crippen LogP contribution in [0.25, 0.3) is 0 Å². The highest BCUT2D eigenvalue weighted by atomic mass is 19.4. The lowest BCUT2D eigenvalue weighted by Gasteiger charge is -2.46. The Hall–Kier alpha value is -3.43. The van der Waals surface area contributed by atoms with Crippen LogP contribution in [-0.4, -0.2) is 90.9 Å². The number of azo groups is 1. The smallest absolute Gasteiger partial charge is 0.418 e. The molecule has 3 atom stereocenters. The van der Waals surface area contributed by atoms with E-state index < -0.39 is 29.7 Å². The van der Waals surface area contributed by atoms with Crippen LogP contribution in [-0.2, 0) is 20.5 Å². The third-order valence-electron chi connectivity index (χ3n) is 7.16. The highest BCUT2D eigenvalue weighted by Gasteiger charge is 2.52. The molecule has 0 aromatic carbocycles. The van der Waals surface area contributed by atoms with Gasteiger partial charge in [-0.25, -0.2) is 4.98 Å². The van der Waals surface area contributed by atoms with Gasteiger partial charge in [-0.15, -0.1) is 5.11 Å². The summed E-state index contributed by atoms with van der Waals surface area (Å²) in [7, 11) is 0. The molecule has 39 heavy (non-hydrogen) atoms. The van der Waals surface area contributed by atoms with Gasteiger partial charge in [0, 0.05) is 32.4 Å². The molecule has 0 N–H and O–H groups in total. The summed E-state index contributed by atoms with van der Waals surface area (Å²) in [5.74, 6) is -3.54. The number of amides is 2. The molecular weight excluding hydrogens is 538 g/mol. The first-order valence-electron chi connectivity index (χ1n) is 12.2. The largest absolute Gasteiger partial charge is 0.487 e. The predicted octanol–water partition coefficient (Wildman–Crippen LogP) is 3.00. The molecule has 0 saturated carbocycles. The van der Waals surface area contributed by atoms with Crippen molar-refractivity contribution in [3.05, 3.63) is 29.7 Å². The second kappa shape index (κ2) is 10.3. The van der Waals surface area contributed by atoms with Crippen molar-refractivity contribution < 1.29 is 45.4 Å². The summed E-state index contributed by atoms with van der Waals surface area (Å²) < 4.78 is 90.2. The number of piperazine rings is 1. The normalized spacial score (nSPS) is 25.0. The van der Waals surface area contributed by atoms with Crippen molar-refractivity contribution in [2.24, 2.45) is 16.1 Å². The summed E-state index contributed by atoms with van der Waals surface area (Å²) in [6, 6.07) is 0.270. The number of alkyl halides is 6. The lowest BCUT2D eigenvalue weighted by Crippen LogP contribution is -2.58. The Morgan fingerprint density at radius 2 is 1.92 bits per heavy atom. The highest BCUT2D eigenvalue weighted by Crippen LogP contribution is 2.40. The van der Waals surface area contributed by atoms with E-state index in [0.29, 0.717) is 38.4 Å². The number of hydrogen-bond donors (Lipinski definition) is 0. The van der Waals surface area contributed by atoms with Crippen molar-refractivity contribution in [1.82, 2.24) is 14.8 Å². The van der Waals surface area contributed by atoms with E-state index in [-0.39, 0.29) is 55.7 Å². The fraction of sp³-hybridized carbons (Fsp3) is 0.609. The fourth-order valence-electron chi connectivity index (χ4n) is 5.05. The average molecular weight is 562 g/mol. The van der Waals surface area contributed by atoms with E-state index >= 15 is 0 Å². The van der Waals surface area contributed by atoms with Gasteiger partial charge >= 0.3 is 12.4 Å².